The molecule has 0 bridgehead atoms. The Labute approximate surface area is 191 Å². The number of benzene rings is 2. The molecule has 0 spiro atoms. The molecule has 2 aliphatic rings. The molecule has 0 saturated heterocycles. The fraction of sp³-hybridized carbons (Fsp3) is 0.259. The average molecular weight is 444 g/mol. The Kier molecular flexibility index (Phi) is 6.09. The molecule has 2 atom stereocenters. The summed E-state index contributed by atoms with van der Waals surface area (Å²) in [6.07, 6.45) is 4.67. The number of fused-ring (bicyclic) bond motifs is 2. The van der Waals surface area contributed by atoms with Gasteiger partial charge in [-0.2, -0.15) is 0 Å². The summed E-state index contributed by atoms with van der Waals surface area (Å²) in [5, 5.41) is 0. The normalized spacial score (nSPS) is 18.5. The molecule has 6 nitrogen and oxygen atoms in total. The van der Waals surface area contributed by atoms with Gasteiger partial charge in [0, 0.05) is 23.0 Å². The summed E-state index contributed by atoms with van der Waals surface area (Å²) < 4.78 is 10.3. The van der Waals surface area contributed by atoms with Gasteiger partial charge in [0.05, 0.1) is 0 Å². The Balaban J connectivity index is 1.81. The average Bonchev–Trinajstić information content (AvgIpc) is 3.41. The molecule has 0 aliphatic heterocycles. The minimum Gasteiger partial charge on any atom is -0.455 e. The molecule has 6 heteroatoms. The van der Waals surface area contributed by atoms with Gasteiger partial charge >= 0.3 is 11.9 Å². The van der Waals surface area contributed by atoms with Crippen LogP contribution in [0.1, 0.15) is 47.9 Å². The third-order valence-electron chi connectivity index (χ3n) is 6.38. The van der Waals surface area contributed by atoms with Crippen LogP contribution in [-0.2, 0) is 28.7 Å². The lowest BCUT2D eigenvalue weighted by atomic mass is 9.62. The number of carbonyl (C=O) groups is 4. The van der Waals surface area contributed by atoms with Crippen LogP contribution in [0.15, 0.2) is 59.7 Å². The van der Waals surface area contributed by atoms with Gasteiger partial charge < -0.3 is 9.47 Å². The standard InChI is InChI=1S/C27H24O6/c1-27(2,23-19-9-5-3-7-17(19)15-21(23)25(30)32-13-11-28)24-20-10-6-4-8-18(20)16-22(24)26(31)33-14-12-29/h3-12,15-16,23-24H,13-14H2,1-2H3. The second-order valence-corrected chi connectivity index (χ2v) is 8.67. The van der Waals surface area contributed by atoms with E-state index in [4.69, 9.17) is 9.47 Å². The summed E-state index contributed by atoms with van der Waals surface area (Å²) in [6, 6.07) is 15.4. The lowest BCUT2D eigenvalue weighted by Crippen LogP contribution is -2.34. The van der Waals surface area contributed by atoms with Crippen LogP contribution in [0, 0.1) is 5.41 Å². The summed E-state index contributed by atoms with van der Waals surface area (Å²) in [4.78, 5) is 47.5. The van der Waals surface area contributed by atoms with Gasteiger partial charge in [0.25, 0.3) is 0 Å². The Hall–Kier alpha value is -3.80. The Morgan fingerprint density at radius 1 is 0.758 bits per heavy atom. The molecule has 0 radical (unpaired) electrons. The first-order chi connectivity index (χ1) is 15.9. The fourth-order valence-corrected chi connectivity index (χ4v) is 5.16. The smallest absolute Gasteiger partial charge is 0.335 e. The van der Waals surface area contributed by atoms with Gasteiger partial charge in [0.2, 0.25) is 0 Å². The van der Waals surface area contributed by atoms with Crippen LogP contribution in [0.25, 0.3) is 12.2 Å². The number of esters is 2. The second-order valence-electron chi connectivity index (χ2n) is 8.67. The highest BCUT2D eigenvalue weighted by Crippen LogP contribution is 2.58. The van der Waals surface area contributed by atoms with E-state index in [1.807, 2.05) is 62.4 Å². The van der Waals surface area contributed by atoms with E-state index in [1.165, 1.54) is 0 Å². The number of aldehydes is 2. The largest absolute Gasteiger partial charge is 0.455 e. The van der Waals surface area contributed by atoms with E-state index < -0.39 is 29.2 Å². The van der Waals surface area contributed by atoms with Crippen molar-refractivity contribution in [3.05, 3.63) is 81.9 Å². The van der Waals surface area contributed by atoms with Crippen molar-refractivity contribution in [2.45, 2.75) is 25.7 Å². The highest BCUT2D eigenvalue weighted by atomic mass is 16.5. The van der Waals surface area contributed by atoms with E-state index in [1.54, 1.807) is 12.2 Å². The minimum absolute atomic E-state index is 0.324. The molecule has 0 heterocycles. The molecule has 2 aliphatic carbocycles. The van der Waals surface area contributed by atoms with Gasteiger partial charge in [-0.1, -0.05) is 62.4 Å². The molecule has 0 fully saturated rings. The van der Waals surface area contributed by atoms with Gasteiger partial charge in [0.15, 0.2) is 12.6 Å². The number of hydrogen-bond acceptors (Lipinski definition) is 6. The second kappa shape index (κ2) is 8.98. The Bertz CT molecular complexity index is 1100. The summed E-state index contributed by atoms with van der Waals surface area (Å²) in [5.74, 6) is -1.91. The third-order valence-corrected chi connectivity index (χ3v) is 6.38. The zero-order valence-corrected chi connectivity index (χ0v) is 18.4. The molecule has 2 unspecified atom stereocenters. The highest BCUT2D eigenvalue weighted by molar-refractivity contribution is 6.01. The van der Waals surface area contributed by atoms with Crippen LogP contribution < -0.4 is 0 Å². The summed E-state index contributed by atoms with van der Waals surface area (Å²) in [6.45, 7) is 3.37. The van der Waals surface area contributed by atoms with E-state index in [9.17, 15) is 19.2 Å². The van der Waals surface area contributed by atoms with E-state index in [0.29, 0.717) is 23.7 Å². The van der Waals surface area contributed by atoms with Gasteiger partial charge in [0.1, 0.15) is 13.2 Å². The lowest BCUT2D eigenvalue weighted by Gasteiger charge is -2.40. The molecule has 0 N–H and O–H groups in total. The Morgan fingerprint density at radius 3 is 1.55 bits per heavy atom. The van der Waals surface area contributed by atoms with Gasteiger partial charge in [-0.25, -0.2) is 9.59 Å². The van der Waals surface area contributed by atoms with Gasteiger partial charge in [-0.15, -0.1) is 0 Å². The van der Waals surface area contributed by atoms with Crippen LogP contribution in [0.2, 0.25) is 0 Å². The van der Waals surface area contributed by atoms with Crippen molar-refractivity contribution in [2.75, 3.05) is 13.2 Å². The molecular formula is C27H24O6. The lowest BCUT2D eigenvalue weighted by molar-refractivity contribution is -0.142. The van der Waals surface area contributed by atoms with E-state index in [0.717, 1.165) is 22.3 Å². The molecule has 0 aromatic heterocycles. The van der Waals surface area contributed by atoms with Crippen LogP contribution in [-0.4, -0.2) is 37.7 Å². The number of rotatable bonds is 8. The molecule has 168 valence electrons. The molecule has 33 heavy (non-hydrogen) atoms. The first kappa shape index (κ1) is 22.4. The monoisotopic (exact) mass is 444 g/mol. The maximum Gasteiger partial charge on any atom is 0.335 e. The van der Waals surface area contributed by atoms with Crippen molar-refractivity contribution >= 4 is 36.7 Å². The molecule has 2 aromatic rings. The maximum absolute atomic E-state index is 13.0. The summed E-state index contributed by atoms with van der Waals surface area (Å²) in [5.41, 5.74) is 3.90. The summed E-state index contributed by atoms with van der Waals surface area (Å²) >= 11 is 0. The zero-order chi connectivity index (χ0) is 23.6. The van der Waals surface area contributed by atoms with Crippen molar-refractivity contribution < 1.29 is 28.7 Å². The SMILES string of the molecule is CC(C)(C1C(C(=O)OCC=O)=Cc2ccccc21)C1C(C(=O)OCC=O)=Cc2ccccc21. The first-order valence-corrected chi connectivity index (χ1v) is 10.7. The van der Waals surface area contributed by atoms with Crippen molar-refractivity contribution in [3.63, 3.8) is 0 Å². The van der Waals surface area contributed by atoms with Crippen LogP contribution in [0.4, 0.5) is 0 Å². The van der Waals surface area contributed by atoms with Crippen LogP contribution in [0.5, 0.6) is 0 Å². The molecule has 2 aromatic carbocycles. The Morgan fingerprint density at radius 2 is 1.15 bits per heavy atom. The van der Waals surface area contributed by atoms with Crippen LogP contribution >= 0.6 is 0 Å². The van der Waals surface area contributed by atoms with Gasteiger partial charge in [-0.3, -0.25) is 9.59 Å². The number of carbonyl (C=O) groups excluding carboxylic acids is 4. The first-order valence-electron chi connectivity index (χ1n) is 10.7. The molecule has 4 rings (SSSR count). The molecule has 0 amide bonds. The summed E-state index contributed by atoms with van der Waals surface area (Å²) in [7, 11) is 0. The topological polar surface area (TPSA) is 86.7 Å². The van der Waals surface area contributed by atoms with E-state index in [2.05, 4.69) is 0 Å². The fourth-order valence-electron chi connectivity index (χ4n) is 5.16. The van der Waals surface area contributed by atoms with Crippen molar-refractivity contribution in [1.82, 2.24) is 0 Å². The van der Waals surface area contributed by atoms with Crippen molar-refractivity contribution in [1.29, 1.82) is 0 Å². The maximum atomic E-state index is 13.0. The molecule has 0 saturated carbocycles. The highest BCUT2D eigenvalue weighted by Gasteiger charge is 2.50. The third kappa shape index (κ3) is 3.93. The number of ether oxygens (including phenoxy) is 2. The predicted molar refractivity (Wildman–Crippen MR) is 122 cm³/mol. The van der Waals surface area contributed by atoms with Crippen molar-refractivity contribution in [3.8, 4) is 0 Å². The minimum atomic E-state index is -0.669. The predicted octanol–water partition coefficient (Wildman–Crippen LogP) is 3.86. The van der Waals surface area contributed by atoms with Crippen molar-refractivity contribution in [2.24, 2.45) is 5.41 Å². The van der Waals surface area contributed by atoms with E-state index >= 15 is 0 Å². The zero-order valence-electron chi connectivity index (χ0n) is 18.4. The molecular weight excluding hydrogens is 420 g/mol. The van der Waals surface area contributed by atoms with E-state index in [-0.39, 0.29) is 13.2 Å². The van der Waals surface area contributed by atoms with Gasteiger partial charge in [-0.05, 0) is 39.8 Å². The quantitative estimate of drug-likeness (QED) is 0.454. The van der Waals surface area contributed by atoms with Crippen LogP contribution in [0.3, 0.4) is 0 Å². The number of hydrogen-bond donors (Lipinski definition) is 0.